The van der Waals surface area contributed by atoms with E-state index in [-0.39, 0.29) is 11.4 Å². The zero-order valence-electron chi connectivity index (χ0n) is 11.6. The Morgan fingerprint density at radius 3 is 2.35 bits per heavy atom. The summed E-state index contributed by atoms with van der Waals surface area (Å²) in [4.78, 5) is 0.272. The van der Waals surface area contributed by atoms with Gasteiger partial charge >= 0.3 is 0 Å². The molecule has 20 heavy (non-hydrogen) atoms. The van der Waals surface area contributed by atoms with Crippen LogP contribution in [0.2, 0.25) is 0 Å². The third kappa shape index (κ3) is 3.00. The Labute approximate surface area is 119 Å². The van der Waals surface area contributed by atoms with Crippen LogP contribution in [-0.2, 0) is 16.6 Å². The van der Waals surface area contributed by atoms with Crippen molar-refractivity contribution in [3.63, 3.8) is 0 Å². The number of anilines is 1. The summed E-state index contributed by atoms with van der Waals surface area (Å²) in [7, 11) is -3.57. The average Bonchev–Trinajstić information content (AvgIpc) is 2.42. The molecule has 0 aliphatic carbocycles. The molecular weight excluding hydrogens is 272 g/mol. The average molecular weight is 290 g/mol. The summed E-state index contributed by atoms with van der Waals surface area (Å²) in [5.74, 6) is 0. The Morgan fingerprint density at radius 2 is 1.70 bits per heavy atom. The second-order valence-electron chi connectivity index (χ2n) is 4.74. The van der Waals surface area contributed by atoms with Crippen LogP contribution in [0.1, 0.15) is 16.7 Å². The van der Waals surface area contributed by atoms with Crippen molar-refractivity contribution in [3.05, 3.63) is 59.2 Å². The maximum Gasteiger partial charge on any atom is 0.241 e. The van der Waals surface area contributed by atoms with Crippen LogP contribution in [0.25, 0.3) is 0 Å². The number of hydrogen-bond donors (Lipinski definition) is 2. The van der Waals surface area contributed by atoms with Crippen molar-refractivity contribution >= 4 is 15.7 Å². The van der Waals surface area contributed by atoms with E-state index in [1.165, 1.54) is 0 Å². The monoisotopic (exact) mass is 290 g/mol. The Balaban J connectivity index is 2.30. The molecule has 0 radical (unpaired) electrons. The first-order valence-corrected chi connectivity index (χ1v) is 7.79. The van der Waals surface area contributed by atoms with Crippen molar-refractivity contribution < 1.29 is 8.42 Å². The first-order valence-electron chi connectivity index (χ1n) is 6.31. The molecule has 0 atom stereocenters. The minimum atomic E-state index is -3.57. The number of sulfonamides is 1. The highest BCUT2D eigenvalue weighted by Crippen LogP contribution is 2.24. The first kappa shape index (κ1) is 14.6. The van der Waals surface area contributed by atoms with Gasteiger partial charge in [0.2, 0.25) is 10.0 Å². The van der Waals surface area contributed by atoms with E-state index in [9.17, 15) is 8.42 Å². The molecule has 0 saturated heterocycles. The first-order chi connectivity index (χ1) is 9.42. The van der Waals surface area contributed by atoms with Gasteiger partial charge in [-0.3, -0.25) is 0 Å². The molecule has 106 valence electrons. The zero-order valence-corrected chi connectivity index (χ0v) is 12.4. The second kappa shape index (κ2) is 5.64. The summed E-state index contributed by atoms with van der Waals surface area (Å²) in [6, 6.07) is 12.8. The van der Waals surface area contributed by atoms with Crippen LogP contribution >= 0.6 is 0 Å². The van der Waals surface area contributed by atoms with Gasteiger partial charge in [-0.2, -0.15) is 0 Å². The van der Waals surface area contributed by atoms with Crippen LogP contribution in [-0.4, -0.2) is 8.42 Å². The lowest BCUT2D eigenvalue weighted by Gasteiger charge is -2.13. The molecule has 0 unspecified atom stereocenters. The van der Waals surface area contributed by atoms with Crippen LogP contribution < -0.4 is 10.5 Å². The molecule has 0 spiro atoms. The largest absolute Gasteiger partial charge is 0.398 e. The molecule has 0 saturated carbocycles. The van der Waals surface area contributed by atoms with Gasteiger partial charge in [0.1, 0.15) is 0 Å². The van der Waals surface area contributed by atoms with Crippen LogP contribution in [0.4, 0.5) is 5.69 Å². The van der Waals surface area contributed by atoms with E-state index in [1.54, 1.807) is 26.0 Å². The van der Waals surface area contributed by atoms with Gasteiger partial charge in [-0.15, -0.1) is 0 Å². The van der Waals surface area contributed by atoms with Gasteiger partial charge in [-0.1, -0.05) is 36.4 Å². The topological polar surface area (TPSA) is 72.2 Å². The lowest BCUT2D eigenvalue weighted by molar-refractivity contribution is 0.580. The van der Waals surface area contributed by atoms with Crippen molar-refractivity contribution in [2.24, 2.45) is 0 Å². The van der Waals surface area contributed by atoms with Crippen molar-refractivity contribution in [3.8, 4) is 0 Å². The minimum absolute atomic E-state index is 0.261. The highest BCUT2D eigenvalue weighted by Gasteiger charge is 2.20. The maximum absolute atomic E-state index is 12.4. The highest BCUT2D eigenvalue weighted by molar-refractivity contribution is 7.89. The number of nitrogen functional groups attached to an aromatic ring is 1. The third-order valence-electron chi connectivity index (χ3n) is 3.22. The number of rotatable bonds is 4. The summed E-state index contributed by atoms with van der Waals surface area (Å²) in [5.41, 5.74) is 8.48. The van der Waals surface area contributed by atoms with Crippen LogP contribution in [0.5, 0.6) is 0 Å². The van der Waals surface area contributed by atoms with E-state index in [2.05, 4.69) is 4.72 Å². The summed E-state index contributed by atoms with van der Waals surface area (Å²) in [6.07, 6.45) is 0. The predicted octanol–water partition coefficient (Wildman–Crippen LogP) is 2.36. The molecule has 0 bridgehead atoms. The molecule has 0 aliphatic rings. The summed E-state index contributed by atoms with van der Waals surface area (Å²) in [5, 5.41) is 0. The smallest absolute Gasteiger partial charge is 0.241 e. The van der Waals surface area contributed by atoms with Gasteiger partial charge < -0.3 is 5.73 Å². The fourth-order valence-corrected chi connectivity index (χ4v) is 3.62. The van der Waals surface area contributed by atoms with Gasteiger partial charge in [0.15, 0.2) is 0 Å². The summed E-state index contributed by atoms with van der Waals surface area (Å²) < 4.78 is 27.5. The maximum atomic E-state index is 12.4. The molecule has 2 aromatic rings. The van der Waals surface area contributed by atoms with Gasteiger partial charge in [0.25, 0.3) is 0 Å². The Kier molecular flexibility index (Phi) is 4.11. The van der Waals surface area contributed by atoms with Crippen molar-refractivity contribution in [1.29, 1.82) is 0 Å². The molecule has 0 heterocycles. The normalized spacial score (nSPS) is 11.5. The number of nitrogens with one attached hydrogen (secondary N) is 1. The number of hydrogen-bond acceptors (Lipinski definition) is 3. The van der Waals surface area contributed by atoms with E-state index < -0.39 is 10.0 Å². The van der Waals surface area contributed by atoms with E-state index in [4.69, 9.17) is 5.73 Å². The number of aryl methyl sites for hydroxylation is 1. The number of benzene rings is 2. The second-order valence-corrected chi connectivity index (χ2v) is 6.44. The van der Waals surface area contributed by atoms with Gasteiger partial charge in [-0.05, 0) is 36.6 Å². The van der Waals surface area contributed by atoms with Crippen LogP contribution in [0.3, 0.4) is 0 Å². The Hall–Kier alpha value is -1.85. The standard InChI is InChI=1S/C15H18N2O2S/c1-11-8-9-14(16)12(2)15(11)20(18,19)17-10-13-6-4-3-5-7-13/h3-9,17H,10,16H2,1-2H3. The molecule has 0 amide bonds. The van der Waals surface area contributed by atoms with E-state index >= 15 is 0 Å². The van der Waals surface area contributed by atoms with E-state index in [0.717, 1.165) is 5.56 Å². The van der Waals surface area contributed by atoms with Crippen molar-refractivity contribution in [2.75, 3.05) is 5.73 Å². The SMILES string of the molecule is Cc1ccc(N)c(C)c1S(=O)(=O)NCc1ccccc1. The van der Waals surface area contributed by atoms with E-state index in [1.807, 2.05) is 30.3 Å². The Bertz CT molecular complexity index is 710. The van der Waals surface area contributed by atoms with Gasteiger partial charge in [-0.25, -0.2) is 13.1 Å². The summed E-state index contributed by atoms with van der Waals surface area (Å²) >= 11 is 0. The van der Waals surface area contributed by atoms with Gasteiger partial charge in [0.05, 0.1) is 4.90 Å². The highest BCUT2D eigenvalue weighted by atomic mass is 32.2. The van der Waals surface area contributed by atoms with Crippen molar-refractivity contribution in [2.45, 2.75) is 25.3 Å². The molecule has 5 heteroatoms. The summed E-state index contributed by atoms with van der Waals surface area (Å²) in [6.45, 7) is 3.75. The minimum Gasteiger partial charge on any atom is -0.398 e. The molecule has 0 aromatic heterocycles. The fourth-order valence-electron chi connectivity index (χ4n) is 2.10. The molecular formula is C15H18N2O2S. The van der Waals surface area contributed by atoms with Crippen molar-refractivity contribution in [1.82, 2.24) is 4.72 Å². The molecule has 0 fully saturated rings. The van der Waals surface area contributed by atoms with Gasteiger partial charge in [0, 0.05) is 12.2 Å². The lowest BCUT2D eigenvalue weighted by atomic mass is 10.1. The molecule has 3 N–H and O–H groups in total. The molecule has 0 aliphatic heterocycles. The van der Waals surface area contributed by atoms with E-state index in [0.29, 0.717) is 16.8 Å². The zero-order chi connectivity index (χ0) is 14.8. The predicted molar refractivity (Wildman–Crippen MR) is 80.8 cm³/mol. The third-order valence-corrected chi connectivity index (χ3v) is 4.91. The molecule has 4 nitrogen and oxygen atoms in total. The van der Waals surface area contributed by atoms with Crippen LogP contribution in [0, 0.1) is 13.8 Å². The quantitative estimate of drug-likeness (QED) is 0.849. The lowest BCUT2D eigenvalue weighted by Crippen LogP contribution is -2.25. The van der Waals surface area contributed by atoms with Crippen LogP contribution in [0.15, 0.2) is 47.4 Å². The Morgan fingerprint density at radius 1 is 1.05 bits per heavy atom. The number of nitrogens with two attached hydrogens (primary N) is 1. The fraction of sp³-hybridized carbons (Fsp3) is 0.200. The molecule has 2 rings (SSSR count). The molecule has 2 aromatic carbocycles.